The molecule has 0 aromatic carbocycles. The Labute approximate surface area is 189 Å². The second-order valence-electron chi connectivity index (χ2n) is 9.29. The summed E-state index contributed by atoms with van der Waals surface area (Å²) in [6.07, 6.45) is 6.10. The Morgan fingerprint density at radius 3 is 2.31 bits per heavy atom. The Morgan fingerprint density at radius 2 is 1.75 bits per heavy atom. The van der Waals surface area contributed by atoms with Crippen molar-refractivity contribution in [1.29, 1.82) is 0 Å². The Balaban J connectivity index is 0.000000186. The van der Waals surface area contributed by atoms with Crippen LogP contribution in [-0.4, -0.2) is 69.5 Å². The molecule has 3 saturated carbocycles. The van der Waals surface area contributed by atoms with Gasteiger partial charge >= 0.3 is 5.97 Å². The third kappa shape index (κ3) is 4.71. The van der Waals surface area contributed by atoms with Gasteiger partial charge in [0.15, 0.2) is 0 Å². The van der Waals surface area contributed by atoms with Gasteiger partial charge in [-0.2, -0.15) is 8.42 Å². The molecular weight excluding hydrogens is 442 g/mol. The van der Waals surface area contributed by atoms with E-state index in [0.717, 1.165) is 19.1 Å². The van der Waals surface area contributed by atoms with Crippen LogP contribution in [0.25, 0.3) is 0 Å². The van der Waals surface area contributed by atoms with Gasteiger partial charge in [-0.15, -0.1) is 9.35 Å². The number of fused-ring (bicyclic) bond motifs is 3. The van der Waals surface area contributed by atoms with Crippen molar-refractivity contribution in [1.82, 2.24) is 5.06 Å². The molecular formula is C21H33NO9S. The lowest BCUT2D eigenvalue weighted by molar-refractivity contribution is -0.179. The molecule has 1 saturated heterocycles. The van der Waals surface area contributed by atoms with Crippen LogP contribution in [0.2, 0.25) is 0 Å². The number of amides is 2. The number of hydroxylamine groups is 2. The second kappa shape index (κ2) is 9.36. The number of rotatable bonds is 5. The Bertz CT molecular complexity index is 859. The van der Waals surface area contributed by atoms with E-state index >= 15 is 0 Å². The average Bonchev–Trinajstić information content (AvgIpc) is 3.35. The molecule has 7 atom stereocenters. The fourth-order valence-corrected chi connectivity index (χ4v) is 6.44. The highest BCUT2D eigenvalue weighted by atomic mass is 32.2. The van der Waals surface area contributed by atoms with Gasteiger partial charge in [-0.05, 0) is 44.9 Å². The van der Waals surface area contributed by atoms with E-state index in [1.807, 2.05) is 6.92 Å². The Hall–Kier alpha value is -1.56. The summed E-state index contributed by atoms with van der Waals surface area (Å²) in [4.78, 5) is 35.0. The van der Waals surface area contributed by atoms with Gasteiger partial charge in [0.1, 0.15) is 5.60 Å². The van der Waals surface area contributed by atoms with Gasteiger partial charge in [-0.3, -0.25) is 14.4 Å². The Morgan fingerprint density at radius 1 is 1.06 bits per heavy atom. The molecule has 32 heavy (non-hydrogen) atoms. The zero-order chi connectivity index (χ0) is 23.8. The van der Waals surface area contributed by atoms with Gasteiger partial charge in [-0.1, -0.05) is 6.42 Å². The van der Waals surface area contributed by atoms with Gasteiger partial charge in [-0.25, -0.2) is 0 Å². The Kier molecular flexibility index (Phi) is 7.33. The van der Waals surface area contributed by atoms with Gasteiger partial charge in [0.05, 0.1) is 30.3 Å². The molecule has 0 N–H and O–H groups in total. The van der Waals surface area contributed by atoms with E-state index in [2.05, 4.69) is 4.28 Å². The van der Waals surface area contributed by atoms with Crippen molar-refractivity contribution >= 4 is 27.9 Å². The van der Waals surface area contributed by atoms with Crippen LogP contribution in [-0.2, 0) is 43.0 Å². The summed E-state index contributed by atoms with van der Waals surface area (Å²) in [6.45, 7) is 3.50. The summed E-state index contributed by atoms with van der Waals surface area (Å²) in [5.74, 6) is -1.46. The van der Waals surface area contributed by atoms with Crippen LogP contribution in [0.15, 0.2) is 0 Å². The van der Waals surface area contributed by atoms with Gasteiger partial charge in [0, 0.05) is 27.1 Å². The van der Waals surface area contributed by atoms with Gasteiger partial charge in [0.25, 0.3) is 21.9 Å². The number of imide groups is 1. The van der Waals surface area contributed by atoms with Crippen LogP contribution in [0, 0.1) is 23.7 Å². The largest absolute Gasteiger partial charge is 0.456 e. The highest BCUT2D eigenvalue weighted by molar-refractivity contribution is 7.85. The maximum atomic E-state index is 12.0. The van der Waals surface area contributed by atoms with Crippen molar-refractivity contribution in [2.45, 2.75) is 70.2 Å². The summed E-state index contributed by atoms with van der Waals surface area (Å²) in [7, 11) is -0.705. The van der Waals surface area contributed by atoms with E-state index in [1.165, 1.54) is 26.9 Å². The van der Waals surface area contributed by atoms with Crippen LogP contribution in [0.1, 0.15) is 52.4 Å². The van der Waals surface area contributed by atoms with Crippen molar-refractivity contribution in [3.8, 4) is 0 Å². The first-order chi connectivity index (χ1) is 14.9. The minimum Gasteiger partial charge on any atom is -0.456 e. The highest BCUT2D eigenvalue weighted by Gasteiger charge is 2.58. The minimum absolute atomic E-state index is 0.102. The quantitative estimate of drug-likeness (QED) is 0.429. The van der Waals surface area contributed by atoms with E-state index in [-0.39, 0.29) is 23.8 Å². The zero-order valence-corrected chi connectivity index (χ0v) is 20.1. The van der Waals surface area contributed by atoms with Gasteiger partial charge < -0.3 is 14.2 Å². The standard InChI is InChI=1S/C11H18O3.C10H15NO6S/c1-7(12)14-11(2)9-5-4-8(6-9)10(11)13-3;1-16-7-5-3-4-6-8(7)10(13)11(9(6)12)17-18(2,14)15/h8-10H,4-6H2,1-3H3;6-8H,3-5H2,1-2H3. The molecule has 182 valence electrons. The molecule has 0 spiro atoms. The first-order valence-electron chi connectivity index (χ1n) is 11.0. The predicted octanol–water partition coefficient (Wildman–Crippen LogP) is 1.43. The molecule has 3 aliphatic carbocycles. The summed E-state index contributed by atoms with van der Waals surface area (Å²) >= 11 is 0. The van der Waals surface area contributed by atoms with Crippen molar-refractivity contribution < 1.29 is 41.3 Å². The minimum atomic E-state index is -3.90. The summed E-state index contributed by atoms with van der Waals surface area (Å²) < 4.78 is 42.7. The summed E-state index contributed by atoms with van der Waals surface area (Å²) in [5.41, 5.74) is -0.372. The number of hydrogen-bond donors (Lipinski definition) is 0. The third-order valence-corrected chi connectivity index (χ3v) is 7.67. The predicted molar refractivity (Wildman–Crippen MR) is 111 cm³/mol. The third-order valence-electron chi connectivity index (χ3n) is 7.25. The number of hydrogen-bond acceptors (Lipinski definition) is 9. The first-order valence-corrected chi connectivity index (χ1v) is 12.8. The van der Waals surface area contributed by atoms with Crippen LogP contribution >= 0.6 is 0 Å². The number of carbonyl (C=O) groups excluding carboxylic acids is 3. The van der Waals surface area contributed by atoms with Crippen LogP contribution in [0.4, 0.5) is 0 Å². The molecule has 0 aromatic heterocycles. The van der Waals surface area contributed by atoms with Crippen LogP contribution in [0.3, 0.4) is 0 Å². The molecule has 2 bridgehead atoms. The van der Waals surface area contributed by atoms with E-state index in [4.69, 9.17) is 14.2 Å². The number of carbonyl (C=O) groups is 3. The van der Waals surface area contributed by atoms with Crippen LogP contribution < -0.4 is 0 Å². The van der Waals surface area contributed by atoms with Crippen molar-refractivity contribution in [3.05, 3.63) is 0 Å². The average molecular weight is 476 g/mol. The van der Waals surface area contributed by atoms with E-state index in [9.17, 15) is 22.8 Å². The van der Waals surface area contributed by atoms with E-state index < -0.39 is 33.8 Å². The monoisotopic (exact) mass is 475 g/mol. The van der Waals surface area contributed by atoms with Crippen molar-refractivity contribution in [3.63, 3.8) is 0 Å². The maximum absolute atomic E-state index is 12.0. The molecule has 1 heterocycles. The summed E-state index contributed by atoms with van der Waals surface area (Å²) in [6, 6.07) is 0. The normalized spacial score (nSPS) is 38.3. The van der Waals surface area contributed by atoms with E-state index in [1.54, 1.807) is 7.11 Å². The molecule has 11 heteroatoms. The van der Waals surface area contributed by atoms with Gasteiger partial charge in [0.2, 0.25) is 0 Å². The fourth-order valence-electron chi connectivity index (χ4n) is 6.02. The van der Waals surface area contributed by atoms with Crippen molar-refractivity contribution in [2.24, 2.45) is 23.7 Å². The molecule has 4 rings (SSSR count). The van der Waals surface area contributed by atoms with Crippen LogP contribution in [0.5, 0.6) is 0 Å². The molecule has 0 aromatic rings. The highest BCUT2D eigenvalue weighted by Crippen LogP contribution is 2.53. The molecule has 4 aliphatic rings. The molecule has 0 radical (unpaired) electrons. The molecule has 2 amide bonds. The number of ether oxygens (including phenoxy) is 3. The lowest BCUT2D eigenvalue weighted by Crippen LogP contribution is -2.48. The molecule has 1 aliphatic heterocycles. The summed E-state index contributed by atoms with van der Waals surface area (Å²) in [5, 5.41) is 0.377. The lowest BCUT2D eigenvalue weighted by Gasteiger charge is -2.39. The number of nitrogens with zero attached hydrogens (tertiary/aromatic N) is 1. The van der Waals surface area contributed by atoms with E-state index in [0.29, 0.717) is 29.7 Å². The molecule has 7 unspecified atom stereocenters. The lowest BCUT2D eigenvalue weighted by atomic mass is 9.79. The molecule has 4 fully saturated rings. The zero-order valence-electron chi connectivity index (χ0n) is 19.2. The number of esters is 1. The smallest absolute Gasteiger partial charge is 0.303 e. The topological polar surface area (TPSA) is 126 Å². The number of methoxy groups -OCH3 is 2. The molecule has 10 nitrogen and oxygen atoms in total. The maximum Gasteiger partial charge on any atom is 0.303 e. The first kappa shape index (κ1) is 25.1. The second-order valence-corrected chi connectivity index (χ2v) is 10.8. The van der Waals surface area contributed by atoms with Crippen molar-refractivity contribution in [2.75, 3.05) is 20.5 Å². The fraction of sp³-hybridized carbons (Fsp3) is 0.857. The SMILES string of the molecule is COC1C2CCC(C2)C1(C)OC(C)=O.COC1CCCC2C(=O)N(OS(C)(=O)=O)C(=O)C12.